The zero-order valence-corrected chi connectivity index (χ0v) is 12.2. The average Bonchev–Trinajstić information content (AvgIpc) is 2.67. The van der Waals surface area contributed by atoms with Crippen LogP contribution in [0.15, 0.2) is 6.20 Å². The quantitative estimate of drug-likeness (QED) is 0.874. The molecule has 104 valence electrons. The summed E-state index contributed by atoms with van der Waals surface area (Å²) >= 11 is 0. The first-order chi connectivity index (χ1) is 8.79. The third kappa shape index (κ3) is 2.84. The SMILES string of the molecule is C[C@H](N)CNc1nc(C(C)(C)C)nc2c1cnn2C. The number of fused-ring (bicyclic) bond motifs is 1. The van der Waals surface area contributed by atoms with Gasteiger partial charge in [-0.25, -0.2) is 9.97 Å². The second kappa shape index (κ2) is 4.77. The molecule has 0 bridgehead atoms. The van der Waals surface area contributed by atoms with Crippen molar-refractivity contribution in [2.24, 2.45) is 12.8 Å². The van der Waals surface area contributed by atoms with Crippen LogP contribution in [-0.4, -0.2) is 32.3 Å². The summed E-state index contributed by atoms with van der Waals surface area (Å²) in [7, 11) is 1.89. The Morgan fingerprint density at radius 3 is 2.63 bits per heavy atom. The van der Waals surface area contributed by atoms with Crippen LogP contribution in [0.2, 0.25) is 0 Å². The molecule has 2 aromatic heterocycles. The summed E-state index contributed by atoms with van der Waals surface area (Å²) in [5.41, 5.74) is 6.52. The Bertz CT molecular complexity index is 579. The predicted molar refractivity (Wildman–Crippen MR) is 77.1 cm³/mol. The molecule has 0 aromatic carbocycles. The van der Waals surface area contributed by atoms with Crippen molar-refractivity contribution < 1.29 is 0 Å². The van der Waals surface area contributed by atoms with Gasteiger partial charge >= 0.3 is 0 Å². The molecule has 3 N–H and O–H groups in total. The molecule has 0 aliphatic carbocycles. The topological polar surface area (TPSA) is 81.7 Å². The minimum Gasteiger partial charge on any atom is -0.368 e. The normalized spacial score (nSPS) is 13.8. The first-order valence-electron chi connectivity index (χ1n) is 6.48. The molecule has 0 amide bonds. The number of anilines is 1. The second-order valence-electron chi connectivity index (χ2n) is 6.01. The maximum Gasteiger partial charge on any atom is 0.163 e. The van der Waals surface area contributed by atoms with Crippen LogP contribution in [0.4, 0.5) is 5.82 Å². The summed E-state index contributed by atoms with van der Waals surface area (Å²) in [5, 5.41) is 8.46. The van der Waals surface area contributed by atoms with Crippen LogP contribution in [0.3, 0.4) is 0 Å². The van der Waals surface area contributed by atoms with Gasteiger partial charge in [-0.05, 0) is 6.92 Å². The highest BCUT2D eigenvalue weighted by Crippen LogP contribution is 2.25. The Hall–Kier alpha value is -1.69. The molecule has 0 fully saturated rings. The number of aryl methyl sites for hydroxylation is 1. The van der Waals surface area contributed by atoms with Crippen molar-refractivity contribution in [2.45, 2.75) is 39.2 Å². The minimum atomic E-state index is -0.108. The zero-order chi connectivity index (χ0) is 14.2. The minimum absolute atomic E-state index is 0.0692. The molecule has 0 saturated heterocycles. The van der Waals surface area contributed by atoms with Crippen molar-refractivity contribution in [3.63, 3.8) is 0 Å². The number of nitrogens with zero attached hydrogens (tertiary/aromatic N) is 4. The summed E-state index contributed by atoms with van der Waals surface area (Å²) in [5.74, 6) is 1.61. The summed E-state index contributed by atoms with van der Waals surface area (Å²) in [6.07, 6.45) is 1.78. The summed E-state index contributed by atoms with van der Waals surface area (Å²) < 4.78 is 1.77. The number of hydrogen-bond donors (Lipinski definition) is 2. The maximum absolute atomic E-state index is 5.79. The smallest absolute Gasteiger partial charge is 0.163 e. The van der Waals surface area contributed by atoms with Gasteiger partial charge in [0.2, 0.25) is 0 Å². The van der Waals surface area contributed by atoms with Crippen LogP contribution >= 0.6 is 0 Å². The Kier molecular flexibility index (Phi) is 3.45. The zero-order valence-electron chi connectivity index (χ0n) is 12.2. The van der Waals surface area contributed by atoms with Gasteiger partial charge in [0.1, 0.15) is 11.6 Å². The van der Waals surface area contributed by atoms with E-state index in [-0.39, 0.29) is 11.5 Å². The van der Waals surface area contributed by atoms with Crippen LogP contribution in [-0.2, 0) is 12.5 Å². The predicted octanol–water partition coefficient (Wildman–Crippen LogP) is 1.42. The van der Waals surface area contributed by atoms with Gasteiger partial charge in [0, 0.05) is 25.0 Å². The van der Waals surface area contributed by atoms with E-state index in [1.54, 1.807) is 10.9 Å². The molecule has 19 heavy (non-hydrogen) atoms. The summed E-state index contributed by atoms with van der Waals surface area (Å²) in [4.78, 5) is 9.24. The van der Waals surface area contributed by atoms with Crippen LogP contribution in [0.1, 0.15) is 33.5 Å². The highest BCUT2D eigenvalue weighted by Gasteiger charge is 2.21. The molecule has 0 aliphatic rings. The molecule has 0 spiro atoms. The van der Waals surface area contributed by atoms with Crippen LogP contribution in [0, 0.1) is 0 Å². The Labute approximate surface area is 113 Å². The standard InChI is InChI=1S/C13H22N6/c1-8(14)6-15-10-9-7-16-19(5)11(9)18-12(17-10)13(2,3)4/h7-8H,6,14H2,1-5H3,(H,15,17,18)/t8-/m0/s1. The van der Waals surface area contributed by atoms with Gasteiger partial charge in [-0.1, -0.05) is 20.8 Å². The fourth-order valence-electron chi connectivity index (χ4n) is 1.75. The lowest BCUT2D eigenvalue weighted by atomic mass is 9.95. The number of hydrogen-bond acceptors (Lipinski definition) is 5. The van der Waals surface area contributed by atoms with Gasteiger partial charge in [-0.2, -0.15) is 5.10 Å². The van der Waals surface area contributed by atoms with Crippen molar-refractivity contribution in [3.8, 4) is 0 Å². The highest BCUT2D eigenvalue weighted by molar-refractivity contribution is 5.86. The van der Waals surface area contributed by atoms with Crippen molar-refractivity contribution in [1.29, 1.82) is 0 Å². The van der Waals surface area contributed by atoms with Gasteiger partial charge < -0.3 is 11.1 Å². The fourth-order valence-corrected chi connectivity index (χ4v) is 1.75. The number of nitrogens with one attached hydrogen (secondary N) is 1. The molecule has 6 heteroatoms. The summed E-state index contributed by atoms with van der Waals surface area (Å²) in [6.45, 7) is 8.92. The van der Waals surface area contributed by atoms with Gasteiger partial charge in [-0.3, -0.25) is 4.68 Å². The van der Waals surface area contributed by atoms with Crippen molar-refractivity contribution in [1.82, 2.24) is 19.7 Å². The largest absolute Gasteiger partial charge is 0.368 e. The van der Waals surface area contributed by atoms with E-state index in [0.717, 1.165) is 22.7 Å². The molecule has 2 rings (SSSR count). The van der Waals surface area contributed by atoms with E-state index < -0.39 is 0 Å². The fraction of sp³-hybridized carbons (Fsp3) is 0.615. The first kappa shape index (κ1) is 13.7. The van der Waals surface area contributed by atoms with E-state index >= 15 is 0 Å². The third-order valence-electron chi connectivity index (χ3n) is 2.85. The number of rotatable bonds is 3. The van der Waals surface area contributed by atoms with E-state index in [2.05, 4.69) is 41.2 Å². The number of nitrogens with two attached hydrogens (primary N) is 1. The molecular formula is C13H22N6. The molecule has 6 nitrogen and oxygen atoms in total. The Balaban J connectivity index is 2.53. The molecule has 1 atom stereocenters. The second-order valence-corrected chi connectivity index (χ2v) is 6.01. The molecule has 0 unspecified atom stereocenters. The molecular weight excluding hydrogens is 240 g/mol. The van der Waals surface area contributed by atoms with E-state index in [4.69, 9.17) is 5.73 Å². The lowest BCUT2D eigenvalue weighted by molar-refractivity contribution is 0.547. The molecule has 0 aliphatic heterocycles. The van der Waals surface area contributed by atoms with Crippen LogP contribution < -0.4 is 11.1 Å². The van der Waals surface area contributed by atoms with E-state index in [1.807, 2.05) is 14.0 Å². The van der Waals surface area contributed by atoms with Crippen LogP contribution in [0.25, 0.3) is 11.0 Å². The average molecular weight is 262 g/mol. The molecule has 0 saturated carbocycles. The van der Waals surface area contributed by atoms with Crippen molar-refractivity contribution in [3.05, 3.63) is 12.0 Å². The third-order valence-corrected chi connectivity index (χ3v) is 2.85. The van der Waals surface area contributed by atoms with Gasteiger partial charge in [0.15, 0.2) is 5.65 Å². The monoisotopic (exact) mass is 262 g/mol. The Morgan fingerprint density at radius 2 is 2.05 bits per heavy atom. The maximum atomic E-state index is 5.79. The van der Waals surface area contributed by atoms with E-state index in [9.17, 15) is 0 Å². The summed E-state index contributed by atoms with van der Waals surface area (Å²) in [6, 6.07) is 0.0692. The first-order valence-corrected chi connectivity index (χ1v) is 6.48. The van der Waals surface area contributed by atoms with E-state index in [0.29, 0.717) is 6.54 Å². The van der Waals surface area contributed by atoms with Gasteiger partial charge in [0.05, 0.1) is 11.6 Å². The number of aromatic nitrogens is 4. The van der Waals surface area contributed by atoms with Crippen LogP contribution in [0.5, 0.6) is 0 Å². The molecule has 2 aromatic rings. The van der Waals surface area contributed by atoms with Crippen molar-refractivity contribution >= 4 is 16.9 Å². The highest BCUT2D eigenvalue weighted by atomic mass is 15.3. The Morgan fingerprint density at radius 1 is 1.37 bits per heavy atom. The van der Waals surface area contributed by atoms with Gasteiger partial charge in [0.25, 0.3) is 0 Å². The van der Waals surface area contributed by atoms with Crippen molar-refractivity contribution in [2.75, 3.05) is 11.9 Å². The lowest BCUT2D eigenvalue weighted by Gasteiger charge is -2.18. The van der Waals surface area contributed by atoms with E-state index in [1.165, 1.54) is 0 Å². The molecule has 0 radical (unpaired) electrons. The lowest BCUT2D eigenvalue weighted by Crippen LogP contribution is -2.26. The van der Waals surface area contributed by atoms with Gasteiger partial charge in [-0.15, -0.1) is 0 Å². The molecule has 2 heterocycles.